The quantitative estimate of drug-likeness (QED) is 0.407. The number of nitrogens with one attached hydrogen (secondary N) is 2. The maximum atomic E-state index is 12.9. The van der Waals surface area contributed by atoms with Gasteiger partial charge >= 0.3 is 5.69 Å². The summed E-state index contributed by atoms with van der Waals surface area (Å²) >= 11 is 0. The molecule has 3 heterocycles. The number of rotatable bonds is 8. The van der Waals surface area contributed by atoms with Gasteiger partial charge in [-0.2, -0.15) is 15.3 Å². The highest BCUT2D eigenvalue weighted by Crippen LogP contribution is 2.20. The summed E-state index contributed by atoms with van der Waals surface area (Å²) in [7, 11) is 1.77. The smallest absolute Gasteiger partial charge is 0.309 e. The molecular weight excluding hydrogens is 406 g/mol. The highest BCUT2D eigenvalue weighted by molar-refractivity contribution is 6.09. The van der Waals surface area contributed by atoms with E-state index in [-0.39, 0.29) is 35.9 Å². The van der Waals surface area contributed by atoms with Crippen LogP contribution in [0.3, 0.4) is 0 Å². The van der Waals surface area contributed by atoms with Gasteiger partial charge in [-0.05, 0) is 20.8 Å². The van der Waals surface area contributed by atoms with Crippen molar-refractivity contribution < 1.29 is 14.5 Å². The number of nitro groups is 1. The molecule has 2 amide bonds. The van der Waals surface area contributed by atoms with Crippen LogP contribution < -0.4 is 10.6 Å². The van der Waals surface area contributed by atoms with E-state index in [2.05, 4.69) is 25.9 Å². The number of nitrogens with zero attached hydrogens (tertiary/aromatic N) is 7. The van der Waals surface area contributed by atoms with E-state index in [0.717, 1.165) is 11.9 Å². The Labute approximate surface area is 177 Å². The number of carbonyl (C=O) groups excluding carboxylic acids is 2. The summed E-state index contributed by atoms with van der Waals surface area (Å²) in [5.74, 6) is -0.802. The molecular formula is C18H23N9O4. The molecule has 0 unspecified atom stereocenters. The largest absolute Gasteiger partial charge is 0.323 e. The minimum absolute atomic E-state index is 0.0136. The molecule has 0 aromatic carbocycles. The number of hydrogen-bond acceptors (Lipinski definition) is 7. The molecule has 0 fully saturated rings. The number of aryl methyl sites for hydroxylation is 3. The van der Waals surface area contributed by atoms with Crippen molar-refractivity contribution in [3.63, 3.8) is 0 Å². The average molecular weight is 429 g/mol. The summed E-state index contributed by atoms with van der Waals surface area (Å²) in [5, 5.41) is 28.6. The van der Waals surface area contributed by atoms with Gasteiger partial charge in [0, 0.05) is 20.0 Å². The van der Waals surface area contributed by atoms with Gasteiger partial charge in [-0.1, -0.05) is 0 Å². The van der Waals surface area contributed by atoms with E-state index in [0.29, 0.717) is 17.9 Å². The van der Waals surface area contributed by atoms with E-state index in [1.807, 2.05) is 13.8 Å². The second-order valence-corrected chi connectivity index (χ2v) is 6.84. The Bertz CT molecular complexity index is 1140. The SMILES string of the molecule is CCn1ncc(NC(=O)CCn2ncc([N+](=O)[O-])c2C)c1C(=O)Nc1cnn(C)c1C. The van der Waals surface area contributed by atoms with Gasteiger partial charge in [0.05, 0.1) is 40.9 Å². The van der Waals surface area contributed by atoms with Gasteiger partial charge in [0.1, 0.15) is 17.6 Å². The molecule has 0 aliphatic rings. The highest BCUT2D eigenvalue weighted by Gasteiger charge is 2.22. The van der Waals surface area contributed by atoms with Crippen LogP contribution in [0, 0.1) is 24.0 Å². The lowest BCUT2D eigenvalue weighted by atomic mass is 10.3. The van der Waals surface area contributed by atoms with Crippen molar-refractivity contribution >= 4 is 28.9 Å². The molecule has 0 aliphatic carbocycles. The van der Waals surface area contributed by atoms with Gasteiger partial charge in [0.15, 0.2) is 0 Å². The molecule has 3 rings (SSSR count). The summed E-state index contributed by atoms with van der Waals surface area (Å²) in [6.45, 7) is 5.81. The third-order valence-electron chi connectivity index (χ3n) is 4.94. The fourth-order valence-electron chi connectivity index (χ4n) is 3.02. The van der Waals surface area contributed by atoms with Crippen molar-refractivity contribution in [3.8, 4) is 0 Å². The third-order valence-corrected chi connectivity index (χ3v) is 4.94. The van der Waals surface area contributed by atoms with E-state index in [4.69, 9.17) is 0 Å². The average Bonchev–Trinajstić information content (AvgIpc) is 3.39. The van der Waals surface area contributed by atoms with Crippen LogP contribution in [-0.4, -0.2) is 46.1 Å². The van der Waals surface area contributed by atoms with Crippen LogP contribution in [0.4, 0.5) is 17.1 Å². The zero-order chi connectivity index (χ0) is 22.7. The van der Waals surface area contributed by atoms with E-state index in [1.54, 1.807) is 24.9 Å². The Morgan fingerprint density at radius 2 is 1.71 bits per heavy atom. The summed E-state index contributed by atoms with van der Waals surface area (Å²) in [4.78, 5) is 35.7. The lowest BCUT2D eigenvalue weighted by Crippen LogP contribution is -2.22. The molecule has 31 heavy (non-hydrogen) atoms. The Hall–Kier alpha value is -4.03. The molecule has 0 atom stereocenters. The summed E-state index contributed by atoms with van der Waals surface area (Å²) in [6.07, 6.45) is 4.13. The zero-order valence-electron chi connectivity index (χ0n) is 17.6. The van der Waals surface area contributed by atoms with Crippen LogP contribution in [0.2, 0.25) is 0 Å². The Morgan fingerprint density at radius 1 is 1.03 bits per heavy atom. The molecule has 0 spiro atoms. The molecule has 3 aromatic rings. The van der Waals surface area contributed by atoms with Crippen molar-refractivity contribution in [2.24, 2.45) is 7.05 Å². The van der Waals surface area contributed by atoms with Crippen molar-refractivity contribution in [1.29, 1.82) is 0 Å². The summed E-state index contributed by atoms with van der Waals surface area (Å²) in [6, 6.07) is 0. The normalized spacial score (nSPS) is 10.8. The molecule has 13 heteroatoms. The van der Waals surface area contributed by atoms with Gasteiger partial charge < -0.3 is 10.6 Å². The maximum Gasteiger partial charge on any atom is 0.309 e. The van der Waals surface area contributed by atoms with E-state index >= 15 is 0 Å². The van der Waals surface area contributed by atoms with Gasteiger partial charge in [-0.25, -0.2) is 0 Å². The number of amides is 2. The summed E-state index contributed by atoms with van der Waals surface area (Å²) < 4.78 is 4.51. The first-order valence-corrected chi connectivity index (χ1v) is 9.55. The number of anilines is 2. The van der Waals surface area contributed by atoms with Gasteiger partial charge in [0.25, 0.3) is 5.91 Å². The minimum atomic E-state index is -0.521. The second kappa shape index (κ2) is 8.77. The van der Waals surface area contributed by atoms with Crippen LogP contribution in [0.5, 0.6) is 0 Å². The molecule has 0 saturated heterocycles. The summed E-state index contributed by atoms with van der Waals surface area (Å²) in [5.41, 5.74) is 2.09. The van der Waals surface area contributed by atoms with Crippen LogP contribution in [0.1, 0.15) is 35.2 Å². The molecule has 164 valence electrons. The van der Waals surface area contributed by atoms with Gasteiger partial charge in [-0.15, -0.1) is 0 Å². The van der Waals surface area contributed by atoms with E-state index < -0.39 is 10.8 Å². The molecule has 13 nitrogen and oxygen atoms in total. The first-order valence-electron chi connectivity index (χ1n) is 9.55. The number of hydrogen-bond donors (Lipinski definition) is 2. The molecule has 0 radical (unpaired) electrons. The number of aromatic nitrogens is 6. The van der Waals surface area contributed by atoms with Crippen LogP contribution in [-0.2, 0) is 24.9 Å². The molecule has 2 N–H and O–H groups in total. The van der Waals surface area contributed by atoms with Gasteiger partial charge in [-0.3, -0.25) is 33.7 Å². The maximum absolute atomic E-state index is 12.9. The van der Waals surface area contributed by atoms with Gasteiger partial charge in [0.2, 0.25) is 5.91 Å². The molecule has 0 aliphatic heterocycles. The Kier molecular flexibility index (Phi) is 6.13. The Balaban J connectivity index is 1.71. The Morgan fingerprint density at radius 3 is 2.29 bits per heavy atom. The fraction of sp³-hybridized carbons (Fsp3) is 0.389. The topological polar surface area (TPSA) is 155 Å². The van der Waals surface area contributed by atoms with Crippen molar-refractivity contribution in [2.75, 3.05) is 10.6 Å². The first-order chi connectivity index (χ1) is 14.7. The predicted molar refractivity (Wildman–Crippen MR) is 111 cm³/mol. The fourth-order valence-corrected chi connectivity index (χ4v) is 3.02. The van der Waals surface area contributed by atoms with E-state index in [1.165, 1.54) is 15.6 Å². The lowest BCUT2D eigenvalue weighted by molar-refractivity contribution is -0.385. The second-order valence-electron chi connectivity index (χ2n) is 6.84. The third kappa shape index (κ3) is 4.44. The molecule has 0 saturated carbocycles. The molecule has 3 aromatic heterocycles. The lowest BCUT2D eigenvalue weighted by Gasteiger charge is -2.10. The predicted octanol–water partition coefficient (Wildman–Crippen LogP) is 1.64. The van der Waals surface area contributed by atoms with Crippen molar-refractivity contribution in [3.05, 3.63) is 45.8 Å². The highest BCUT2D eigenvalue weighted by atomic mass is 16.6. The monoisotopic (exact) mass is 429 g/mol. The van der Waals surface area contributed by atoms with Crippen LogP contribution >= 0.6 is 0 Å². The zero-order valence-corrected chi connectivity index (χ0v) is 17.6. The van der Waals surface area contributed by atoms with Crippen LogP contribution in [0.25, 0.3) is 0 Å². The first kappa shape index (κ1) is 21.7. The minimum Gasteiger partial charge on any atom is -0.323 e. The van der Waals surface area contributed by atoms with Crippen molar-refractivity contribution in [1.82, 2.24) is 29.3 Å². The van der Waals surface area contributed by atoms with Crippen molar-refractivity contribution in [2.45, 2.75) is 40.3 Å². The standard InChI is InChI=1S/C18H23N9O4/c1-5-25-17(18(29)23-13-8-19-24(4)11(13)2)14(9-20-25)22-16(28)6-7-26-12(3)15(10-21-26)27(30)31/h8-10H,5-7H2,1-4H3,(H,22,28)(H,23,29). The van der Waals surface area contributed by atoms with Crippen LogP contribution in [0.15, 0.2) is 18.6 Å². The molecule has 0 bridgehead atoms. The van der Waals surface area contributed by atoms with E-state index in [9.17, 15) is 19.7 Å². The number of carbonyl (C=O) groups is 2.